The van der Waals surface area contributed by atoms with Crippen LogP contribution in [0.3, 0.4) is 0 Å². The lowest BCUT2D eigenvalue weighted by atomic mass is 10.1. The number of ether oxygens (including phenoxy) is 4. The second-order valence-corrected chi connectivity index (χ2v) is 6.07. The number of nitrogens with one attached hydrogen (secondary N) is 1. The third-order valence-corrected chi connectivity index (χ3v) is 4.54. The summed E-state index contributed by atoms with van der Waals surface area (Å²) in [6.45, 7) is 5.26. The van der Waals surface area contributed by atoms with Gasteiger partial charge in [-0.05, 0) is 19.1 Å². The summed E-state index contributed by atoms with van der Waals surface area (Å²) in [7, 11) is 6.52. The number of methoxy groups -OCH3 is 3. The fraction of sp³-hybridized carbons (Fsp3) is 0.579. The van der Waals surface area contributed by atoms with Crippen LogP contribution in [0, 0.1) is 0 Å². The van der Waals surface area contributed by atoms with Crippen molar-refractivity contribution in [2.24, 2.45) is 4.99 Å². The Bertz CT molecular complexity index is 687. The summed E-state index contributed by atoms with van der Waals surface area (Å²) in [5.41, 5.74) is 0.923. The zero-order chi connectivity index (χ0) is 20.5. The van der Waals surface area contributed by atoms with Crippen molar-refractivity contribution in [2.75, 3.05) is 61.2 Å². The molecule has 0 atom stereocenters. The molecule has 9 heteroatoms. The predicted octanol–water partition coefficient (Wildman–Crippen LogP) is 1.56. The highest BCUT2D eigenvalue weighted by Crippen LogP contribution is 2.39. The molecule has 1 heterocycles. The zero-order valence-corrected chi connectivity index (χ0v) is 17.3. The van der Waals surface area contributed by atoms with Crippen LogP contribution in [0.1, 0.15) is 12.5 Å². The van der Waals surface area contributed by atoms with Crippen molar-refractivity contribution >= 4 is 12.1 Å². The molecule has 1 aromatic carbocycles. The van der Waals surface area contributed by atoms with Crippen molar-refractivity contribution in [3.8, 4) is 17.2 Å². The second kappa shape index (κ2) is 10.5. The molecule has 1 aliphatic rings. The van der Waals surface area contributed by atoms with Crippen molar-refractivity contribution < 1.29 is 23.7 Å². The highest BCUT2D eigenvalue weighted by Gasteiger charge is 2.24. The van der Waals surface area contributed by atoms with Gasteiger partial charge in [-0.1, -0.05) is 0 Å². The Morgan fingerprint density at radius 3 is 2.21 bits per heavy atom. The van der Waals surface area contributed by atoms with E-state index in [-0.39, 0.29) is 6.09 Å². The molecule has 0 unspecified atom stereocenters. The van der Waals surface area contributed by atoms with Crippen LogP contribution < -0.4 is 19.5 Å². The Labute approximate surface area is 166 Å². The molecular formula is C19H30N4O5. The summed E-state index contributed by atoms with van der Waals surface area (Å²) >= 11 is 0. The first-order valence-corrected chi connectivity index (χ1v) is 9.24. The normalized spacial score (nSPS) is 14.5. The number of carbonyl (C=O) groups excluding carboxylic acids is 1. The summed E-state index contributed by atoms with van der Waals surface area (Å²) in [6, 6.07) is 3.78. The Balaban J connectivity index is 2.01. The van der Waals surface area contributed by atoms with Crippen molar-refractivity contribution in [1.29, 1.82) is 0 Å². The lowest BCUT2D eigenvalue weighted by Crippen LogP contribution is -2.53. The van der Waals surface area contributed by atoms with Crippen LogP contribution in [-0.2, 0) is 11.3 Å². The Morgan fingerprint density at radius 1 is 1.04 bits per heavy atom. The maximum absolute atomic E-state index is 11.8. The van der Waals surface area contributed by atoms with E-state index in [2.05, 4.69) is 15.2 Å². The van der Waals surface area contributed by atoms with E-state index < -0.39 is 0 Å². The summed E-state index contributed by atoms with van der Waals surface area (Å²) in [5, 5.41) is 3.35. The zero-order valence-electron chi connectivity index (χ0n) is 17.3. The van der Waals surface area contributed by atoms with Crippen molar-refractivity contribution in [3.05, 3.63) is 17.7 Å². The topological polar surface area (TPSA) is 84.9 Å². The molecule has 9 nitrogen and oxygen atoms in total. The first kappa shape index (κ1) is 21.5. The quantitative estimate of drug-likeness (QED) is 0.579. The van der Waals surface area contributed by atoms with E-state index in [9.17, 15) is 4.79 Å². The molecule has 2 rings (SSSR count). The lowest BCUT2D eigenvalue weighted by Gasteiger charge is -2.35. The Kier molecular flexibility index (Phi) is 8.03. The largest absolute Gasteiger partial charge is 0.493 e. The molecule has 0 spiro atoms. The maximum Gasteiger partial charge on any atom is 0.409 e. The number of piperazine rings is 1. The van der Waals surface area contributed by atoms with Gasteiger partial charge in [0.05, 0.1) is 27.9 Å². The lowest BCUT2D eigenvalue weighted by molar-refractivity contribution is 0.0914. The highest BCUT2D eigenvalue weighted by atomic mass is 16.6. The number of amides is 1. The van der Waals surface area contributed by atoms with Gasteiger partial charge in [-0.3, -0.25) is 4.99 Å². The number of hydrogen-bond donors (Lipinski definition) is 1. The van der Waals surface area contributed by atoms with E-state index >= 15 is 0 Å². The molecule has 0 saturated carbocycles. The minimum absolute atomic E-state index is 0.264. The molecule has 1 aliphatic heterocycles. The van der Waals surface area contributed by atoms with Crippen molar-refractivity contribution in [3.63, 3.8) is 0 Å². The number of carbonyl (C=O) groups is 1. The molecule has 0 aliphatic carbocycles. The van der Waals surface area contributed by atoms with Gasteiger partial charge in [0.15, 0.2) is 17.5 Å². The van der Waals surface area contributed by atoms with Crippen LogP contribution in [0.15, 0.2) is 17.1 Å². The summed E-state index contributed by atoms with van der Waals surface area (Å²) in [6.07, 6.45) is -0.264. The summed E-state index contributed by atoms with van der Waals surface area (Å²) in [4.78, 5) is 20.0. The third kappa shape index (κ3) is 4.90. The van der Waals surface area contributed by atoms with E-state index in [1.807, 2.05) is 19.1 Å². The molecule has 1 fully saturated rings. The first-order valence-electron chi connectivity index (χ1n) is 9.24. The van der Waals surface area contributed by atoms with Crippen LogP contribution in [-0.4, -0.2) is 83.0 Å². The van der Waals surface area contributed by atoms with Gasteiger partial charge in [0.2, 0.25) is 5.75 Å². The number of aliphatic imine (C=N–C) groups is 1. The van der Waals surface area contributed by atoms with Gasteiger partial charge in [0, 0.05) is 45.3 Å². The average Bonchev–Trinajstić information content (AvgIpc) is 2.73. The Morgan fingerprint density at radius 2 is 1.68 bits per heavy atom. The molecule has 1 saturated heterocycles. The number of nitrogens with zero attached hydrogens (tertiary/aromatic N) is 3. The SMILES string of the molecule is CCOC(=O)N1CCN(C(=NC)NCc2ccc(OC)c(OC)c2OC)CC1. The van der Waals surface area contributed by atoms with E-state index in [4.69, 9.17) is 18.9 Å². The molecule has 1 amide bonds. The summed E-state index contributed by atoms with van der Waals surface area (Å²) in [5.74, 6) is 2.56. The van der Waals surface area contributed by atoms with Crippen LogP contribution in [0.4, 0.5) is 4.79 Å². The van der Waals surface area contributed by atoms with Gasteiger partial charge in [-0.15, -0.1) is 0 Å². The smallest absolute Gasteiger partial charge is 0.409 e. The Hall–Kier alpha value is -2.84. The van der Waals surface area contributed by atoms with Gasteiger partial charge in [-0.2, -0.15) is 0 Å². The monoisotopic (exact) mass is 394 g/mol. The molecule has 0 aromatic heterocycles. The second-order valence-electron chi connectivity index (χ2n) is 6.07. The molecule has 1 N–H and O–H groups in total. The van der Waals surface area contributed by atoms with Crippen molar-refractivity contribution in [1.82, 2.24) is 15.1 Å². The highest BCUT2D eigenvalue weighted by molar-refractivity contribution is 5.80. The van der Waals surface area contributed by atoms with E-state index in [0.29, 0.717) is 56.6 Å². The minimum Gasteiger partial charge on any atom is -0.493 e. The number of hydrogen-bond acceptors (Lipinski definition) is 6. The van der Waals surface area contributed by atoms with E-state index in [0.717, 1.165) is 11.5 Å². The molecule has 0 bridgehead atoms. The van der Waals surface area contributed by atoms with E-state index in [1.54, 1.807) is 33.3 Å². The fourth-order valence-electron chi connectivity index (χ4n) is 3.12. The predicted molar refractivity (Wildman–Crippen MR) is 106 cm³/mol. The van der Waals surface area contributed by atoms with Gasteiger partial charge in [0.25, 0.3) is 0 Å². The van der Waals surface area contributed by atoms with Crippen LogP contribution in [0.5, 0.6) is 17.2 Å². The molecular weight excluding hydrogens is 364 g/mol. The van der Waals surface area contributed by atoms with Crippen LogP contribution in [0.25, 0.3) is 0 Å². The number of rotatable bonds is 6. The standard InChI is InChI=1S/C19H30N4O5/c1-6-28-19(24)23-11-9-22(10-12-23)18(20-2)21-13-14-7-8-15(25-3)17(27-5)16(14)26-4/h7-8H,6,9-13H2,1-5H3,(H,20,21). The first-order chi connectivity index (χ1) is 13.6. The van der Waals surface area contributed by atoms with Crippen LogP contribution >= 0.6 is 0 Å². The minimum atomic E-state index is -0.264. The van der Waals surface area contributed by atoms with Gasteiger partial charge in [0.1, 0.15) is 0 Å². The average molecular weight is 394 g/mol. The van der Waals surface area contributed by atoms with Gasteiger partial charge < -0.3 is 34.1 Å². The van der Waals surface area contributed by atoms with Crippen molar-refractivity contribution in [2.45, 2.75) is 13.5 Å². The summed E-state index contributed by atoms with van der Waals surface area (Å²) < 4.78 is 21.3. The fourth-order valence-corrected chi connectivity index (χ4v) is 3.12. The number of benzene rings is 1. The molecule has 0 radical (unpaired) electrons. The molecule has 156 valence electrons. The number of guanidine groups is 1. The molecule has 28 heavy (non-hydrogen) atoms. The third-order valence-electron chi connectivity index (χ3n) is 4.54. The van der Waals surface area contributed by atoms with Crippen LogP contribution in [0.2, 0.25) is 0 Å². The van der Waals surface area contributed by atoms with Gasteiger partial charge in [-0.25, -0.2) is 4.79 Å². The van der Waals surface area contributed by atoms with E-state index in [1.165, 1.54) is 0 Å². The maximum atomic E-state index is 11.8. The molecule has 1 aromatic rings. The van der Waals surface area contributed by atoms with Gasteiger partial charge >= 0.3 is 6.09 Å².